The predicted molar refractivity (Wildman–Crippen MR) is 194 cm³/mol. The molecule has 0 radical (unpaired) electrons. The second kappa shape index (κ2) is 10.1. The summed E-state index contributed by atoms with van der Waals surface area (Å²) in [5, 5.41) is 0. The van der Waals surface area contributed by atoms with E-state index < -0.39 is 0 Å². The van der Waals surface area contributed by atoms with Crippen LogP contribution in [0.4, 0.5) is 0 Å². The molecular weight excluding hydrogens is 573 g/mol. The fourth-order valence-corrected chi connectivity index (χ4v) is 7.53. The Morgan fingerprint density at radius 2 is 0.787 bits per heavy atom. The number of imidazole rings is 2. The minimum absolute atomic E-state index is 0.114. The number of para-hydroxylation sites is 4. The second-order valence-electron chi connectivity index (χ2n) is 13.3. The van der Waals surface area contributed by atoms with E-state index in [1.54, 1.807) is 0 Å². The molecule has 1 aliphatic carbocycles. The Morgan fingerprint density at radius 1 is 0.426 bits per heavy atom. The van der Waals surface area contributed by atoms with Gasteiger partial charge in [-0.3, -0.25) is 0 Å². The van der Waals surface area contributed by atoms with E-state index >= 15 is 0 Å². The molecule has 4 nitrogen and oxygen atoms in total. The van der Waals surface area contributed by atoms with Crippen LogP contribution in [-0.2, 0) is 19.5 Å². The molecule has 0 atom stereocenters. The highest BCUT2D eigenvalue weighted by Gasteiger charge is 2.36. The molecule has 4 heteroatoms. The van der Waals surface area contributed by atoms with Crippen molar-refractivity contribution in [2.45, 2.75) is 19.3 Å². The Labute approximate surface area is 274 Å². The smallest absolute Gasteiger partial charge is 0.140 e. The zero-order chi connectivity index (χ0) is 31.9. The standard InChI is InChI=1S/C43H34N4/c1-43(2)35-25-31(27-13-17-29(18-14-27)41-44-37-9-5-7-11-39(37)46(41)3)21-23-33(35)34-24-22-32(26-36(34)43)28-15-19-30(20-16-28)42-45-38-10-6-8-12-40(38)47(42)4/h5-26H,1-4H3. The molecule has 0 spiro atoms. The normalized spacial score (nSPS) is 13.3. The summed E-state index contributed by atoms with van der Waals surface area (Å²) in [5.74, 6) is 1.97. The average Bonchev–Trinajstić information content (AvgIpc) is 3.71. The van der Waals surface area contributed by atoms with Crippen LogP contribution in [0.5, 0.6) is 0 Å². The molecule has 0 unspecified atom stereocenters. The van der Waals surface area contributed by atoms with Gasteiger partial charge in [-0.2, -0.15) is 0 Å². The van der Waals surface area contributed by atoms with Gasteiger partial charge in [-0.1, -0.05) is 111 Å². The van der Waals surface area contributed by atoms with Gasteiger partial charge in [0.15, 0.2) is 0 Å². The molecule has 226 valence electrons. The lowest BCUT2D eigenvalue weighted by atomic mass is 9.81. The highest BCUT2D eigenvalue weighted by molar-refractivity contribution is 5.87. The van der Waals surface area contributed by atoms with Crippen molar-refractivity contribution in [2.75, 3.05) is 0 Å². The van der Waals surface area contributed by atoms with Crippen LogP contribution in [0.2, 0.25) is 0 Å². The molecule has 0 N–H and O–H groups in total. The van der Waals surface area contributed by atoms with Gasteiger partial charge >= 0.3 is 0 Å². The van der Waals surface area contributed by atoms with Gasteiger partial charge in [-0.15, -0.1) is 0 Å². The molecule has 0 amide bonds. The van der Waals surface area contributed by atoms with Crippen LogP contribution in [-0.4, -0.2) is 19.1 Å². The van der Waals surface area contributed by atoms with Crippen molar-refractivity contribution in [2.24, 2.45) is 14.1 Å². The van der Waals surface area contributed by atoms with Crippen LogP contribution < -0.4 is 0 Å². The van der Waals surface area contributed by atoms with Crippen molar-refractivity contribution in [3.8, 4) is 56.2 Å². The number of nitrogens with zero attached hydrogens (tertiary/aromatic N) is 4. The summed E-state index contributed by atoms with van der Waals surface area (Å²) >= 11 is 0. The number of aryl methyl sites for hydroxylation is 2. The first-order chi connectivity index (χ1) is 22.9. The summed E-state index contributed by atoms with van der Waals surface area (Å²) in [5.41, 5.74) is 16.8. The van der Waals surface area contributed by atoms with Gasteiger partial charge in [0.25, 0.3) is 0 Å². The third-order valence-corrected chi connectivity index (χ3v) is 10.2. The van der Waals surface area contributed by atoms with Crippen LogP contribution >= 0.6 is 0 Å². The molecule has 0 fully saturated rings. The second-order valence-corrected chi connectivity index (χ2v) is 13.3. The van der Waals surface area contributed by atoms with Crippen LogP contribution in [0.1, 0.15) is 25.0 Å². The molecule has 6 aromatic carbocycles. The summed E-state index contributed by atoms with van der Waals surface area (Å²) in [6.45, 7) is 4.71. The van der Waals surface area contributed by atoms with Gasteiger partial charge in [-0.05, 0) is 80.9 Å². The minimum Gasteiger partial charge on any atom is -0.327 e. The number of benzene rings is 6. The largest absolute Gasteiger partial charge is 0.327 e. The van der Waals surface area contributed by atoms with Crippen molar-refractivity contribution in [3.05, 3.63) is 145 Å². The van der Waals surface area contributed by atoms with Gasteiger partial charge in [0.05, 0.1) is 22.1 Å². The molecule has 0 saturated heterocycles. The zero-order valence-electron chi connectivity index (χ0n) is 27.0. The SMILES string of the molecule is Cn1c(-c2ccc(-c3ccc4c(c3)C(C)(C)c3cc(-c5ccc(-c6nc7ccccc7n6C)cc5)ccc3-4)cc2)nc2ccccc21. The number of hydrogen-bond acceptors (Lipinski definition) is 2. The number of aromatic nitrogens is 4. The first kappa shape index (κ1) is 27.6. The minimum atomic E-state index is -0.114. The topological polar surface area (TPSA) is 35.6 Å². The lowest BCUT2D eigenvalue weighted by Crippen LogP contribution is -2.15. The van der Waals surface area contributed by atoms with E-state index in [9.17, 15) is 0 Å². The molecule has 0 bridgehead atoms. The van der Waals surface area contributed by atoms with E-state index in [0.29, 0.717) is 0 Å². The molecule has 9 rings (SSSR count). The lowest BCUT2D eigenvalue weighted by Gasteiger charge is -2.22. The van der Waals surface area contributed by atoms with E-state index in [2.05, 4.69) is 158 Å². The lowest BCUT2D eigenvalue weighted by molar-refractivity contribution is 0.661. The number of rotatable bonds is 4. The van der Waals surface area contributed by atoms with Crippen LogP contribution in [0.25, 0.3) is 78.2 Å². The summed E-state index contributed by atoms with van der Waals surface area (Å²) in [4.78, 5) is 9.78. The van der Waals surface area contributed by atoms with E-state index in [1.807, 2.05) is 12.1 Å². The fourth-order valence-electron chi connectivity index (χ4n) is 7.53. The van der Waals surface area contributed by atoms with Gasteiger partial charge < -0.3 is 9.13 Å². The maximum absolute atomic E-state index is 4.89. The first-order valence-electron chi connectivity index (χ1n) is 16.2. The van der Waals surface area contributed by atoms with Gasteiger partial charge in [0.1, 0.15) is 11.6 Å². The van der Waals surface area contributed by atoms with E-state index in [4.69, 9.17) is 9.97 Å². The Bertz CT molecular complexity index is 2320. The maximum atomic E-state index is 4.89. The Balaban J connectivity index is 1.01. The molecule has 2 aromatic heterocycles. The summed E-state index contributed by atoms with van der Waals surface area (Å²) in [6.07, 6.45) is 0. The Hall–Kier alpha value is -5.74. The first-order valence-corrected chi connectivity index (χ1v) is 16.2. The average molecular weight is 607 g/mol. The van der Waals surface area contributed by atoms with Crippen molar-refractivity contribution in [3.63, 3.8) is 0 Å². The molecule has 8 aromatic rings. The molecule has 0 aliphatic heterocycles. The molecule has 1 aliphatic rings. The van der Waals surface area contributed by atoms with Crippen LogP contribution in [0, 0.1) is 0 Å². The van der Waals surface area contributed by atoms with Crippen LogP contribution in [0.15, 0.2) is 133 Å². The van der Waals surface area contributed by atoms with Crippen molar-refractivity contribution in [1.82, 2.24) is 19.1 Å². The van der Waals surface area contributed by atoms with Crippen molar-refractivity contribution >= 4 is 22.1 Å². The summed E-state index contributed by atoms with van der Waals surface area (Å²) < 4.78 is 4.34. The molecule has 2 heterocycles. The number of fused-ring (bicyclic) bond motifs is 5. The van der Waals surface area contributed by atoms with Crippen molar-refractivity contribution in [1.29, 1.82) is 0 Å². The quantitative estimate of drug-likeness (QED) is 0.200. The fraction of sp³-hybridized carbons (Fsp3) is 0.116. The molecule has 0 saturated carbocycles. The van der Waals surface area contributed by atoms with Gasteiger partial charge in [0, 0.05) is 30.6 Å². The van der Waals surface area contributed by atoms with E-state index in [-0.39, 0.29) is 5.41 Å². The van der Waals surface area contributed by atoms with E-state index in [0.717, 1.165) is 44.8 Å². The Kier molecular flexibility index (Phi) is 5.94. The monoisotopic (exact) mass is 606 g/mol. The third kappa shape index (κ3) is 4.21. The van der Waals surface area contributed by atoms with Crippen molar-refractivity contribution < 1.29 is 0 Å². The zero-order valence-corrected chi connectivity index (χ0v) is 27.0. The highest BCUT2D eigenvalue weighted by atomic mass is 15.1. The number of hydrogen-bond donors (Lipinski definition) is 0. The summed E-state index contributed by atoms with van der Waals surface area (Å²) in [6, 6.07) is 48.2. The summed E-state index contributed by atoms with van der Waals surface area (Å²) in [7, 11) is 4.17. The van der Waals surface area contributed by atoms with Crippen LogP contribution in [0.3, 0.4) is 0 Å². The molecular formula is C43H34N4. The highest BCUT2D eigenvalue weighted by Crippen LogP contribution is 2.50. The van der Waals surface area contributed by atoms with Gasteiger partial charge in [0.2, 0.25) is 0 Å². The Morgan fingerprint density at radius 3 is 1.19 bits per heavy atom. The molecule has 47 heavy (non-hydrogen) atoms. The van der Waals surface area contributed by atoms with E-state index in [1.165, 1.54) is 44.5 Å². The maximum Gasteiger partial charge on any atom is 0.140 e. The van der Waals surface area contributed by atoms with Gasteiger partial charge in [-0.25, -0.2) is 9.97 Å². The third-order valence-electron chi connectivity index (χ3n) is 10.2. The predicted octanol–water partition coefficient (Wildman–Crippen LogP) is 10.4.